The highest BCUT2D eigenvalue weighted by molar-refractivity contribution is 7.90. The van der Waals surface area contributed by atoms with Crippen LogP contribution >= 0.6 is 11.6 Å². The molecule has 3 aliphatic heterocycles. The average molecular weight is 823 g/mol. The summed E-state index contributed by atoms with van der Waals surface area (Å²) in [5.41, 5.74) is 5.98. The van der Waals surface area contributed by atoms with Crippen molar-refractivity contribution in [2.75, 3.05) is 64.1 Å². The summed E-state index contributed by atoms with van der Waals surface area (Å²) in [6, 6.07) is 21.1. The first-order valence-corrected chi connectivity index (χ1v) is 21.5. The SMILES string of the molecule is Cc1ccc(N2CCN(CC3=C(c4ccc(Cl)cc4)CC(C)(C)OC3)CC2)cc1Oc1cnc2c(ccn2S(=O)(=O)c2cnc(OCC3CCOCC3)c(C#N)c2)c1. The molecule has 0 bridgehead atoms. The lowest BCUT2D eigenvalue weighted by Crippen LogP contribution is -2.47. The summed E-state index contributed by atoms with van der Waals surface area (Å²) in [5.74, 6) is 1.59. The Labute approximate surface area is 344 Å². The Bertz CT molecular complexity index is 2480. The van der Waals surface area contributed by atoms with Crippen molar-refractivity contribution in [2.24, 2.45) is 5.92 Å². The molecule has 0 unspecified atom stereocenters. The van der Waals surface area contributed by atoms with Crippen LogP contribution in [0.4, 0.5) is 5.69 Å². The van der Waals surface area contributed by atoms with E-state index in [0.29, 0.717) is 49.2 Å². The van der Waals surface area contributed by atoms with Gasteiger partial charge in [0.15, 0.2) is 5.65 Å². The van der Waals surface area contributed by atoms with E-state index >= 15 is 0 Å². The maximum Gasteiger partial charge on any atom is 0.270 e. The van der Waals surface area contributed by atoms with Crippen LogP contribution in [0.1, 0.15) is 49.8 Å². The quantitative estimate of drug-likeness (QED) is 0.129. The van der Waals surface area contributed by atoms with Crippen molar-refractivity contribution in [3.05, 3.63) is 107 Å². The molecule has 0 aliphatic carbocycles. The molecule has 2 saturated heterocycles. The van der Waals surface area contributed by atoms with Crippen LogP contribution in [0.25, 0.3) is 16.6 Å². The van der Waals surface area contributed by atoms with Gasteiger partial charge in [-0.25, -0.2) is 22.4 Å². The van der Waals surface area contributed by atoms with E-state index in [-0.39, 0.29) is 27.6 Å². The molecule has 2 fully saturated rings. The van der Waals surface area contributed by atoms with E-state index in [1.807, 2.05) is 25.1 Å². The number of piperazine rings is 1. The number of ether oxygens (including phenoxy) is 4. The van der Waals surface area contributed by atoms with Gasteiger partial charge in [0.2, 0.25) is 5.88 Å². The van der Waals surface area contributed by atoms with Gasteiger partial charge in [-0.2, -0.15) is 5.26 Å². The van der Waals surface area contributed by atoms with E-state index < -0.39 is 10.0 Å². The van der Waals surface area contributed by atoms with Crippen LogP contribution < -0.4 is 14.4 Å². The first kappa shape index (κ1) is 39.8. The lowest BCUT2D eigenvalue weighted by molar-refractivity contribution is -0.0101. The van der Waals surface area contributed by atoms with Crippen molar-refractivity contribution >= 4 is 43.9 Å². The number of benzene rings is 2. The van der Waals surface area contributed by atoms with Gasteiger partial charge in [-0.3, -0.25) is 4.90 Å². The van der Waals surface area contributed by atoms with Gasteiger partial charge < -0.3 is 23.8 Å². The second-order valence-corrected chi connectivity index (χ2v) is 18.1. The molecule has 58 heavy (non-hydrogen) atoms. The number of aromatic nitrogens is 3. The lowest BCUT2D eigenvalue weighted by atomic mass is 9.87. The Balaban J connectivity index is 0.929. The number of rotatable bonds is 11. The highest BCUT2D eigenvalue weighted by Crippen LogP contribution is 2.37. The van der Waals surface area contributed by atoms with Crippen molar-refractivity contribution in [3.8, 4) is 23.4 Å². The molecule has 8 rings (SSSR count). The van der Waals surface area contributed by atoms with E-state index in [0.717, 1.165) is 72.2 Å². The average Bonchev–Trinajstić information content (AvgIpc) is 3.67. The number of anilines is 1. The van der Waals surface area contributed by atoms with Gasteiger partial charge in [-0.1, -0.05) is 29.8 Å². The van der Waals surface area contributed by atoms with Crippen molar-refractivity contribution < 1.29 is 27.4 Å². The predicted molar refractivity (Wildman–Crippen MR) is 223 cm³/mol. The fourth-order valence-corrected chi connectivity index (χ4v) is 9.16. The van der Waals surface area contributed by atoms with E-state index in [1.54, 1.807) is 12.1 Å². The van der Waals surface area contributed by atoms with Gasteiger partial charge in [0.1, 0.15) is 28.0 Å². The van der Waals surface area contributed by atoms with Crippen LogP contribution in [-0.2, 0) is 19.5 Å². The summed E-state index contributed by atoms with van der Waals surface area (Å²) < 4.78 is 52.6. The molecule has 5 aromatic rings. The van der Waals surface area contributed by atoms with Crippen LogP contribution in [0.5, 0.6) is 17.4 Å². The number of nitrogens with zero attached hydrogens (tertiary/aromatic N) is 6. The first-order chi connectivity index (χ1) is 28.0. The van der Waals surface area contributed by atoms with E-state index in [2.05, 4.69) is 63.9 Å². The maximum atomic E-state index is 13.8. The molecular formula is C44H47ClN6O6S. The molecule has 2 aromatic carbocycles. The van der Waals surface area contributed by atoms with Gasteiger partial charge in [0.25, 0.3) is 10.0 Å². The first-order valence-electron chi connectivity index (χ1n) is 19.7. The maximum absolute atomic E-state index is 13.8. The highest BCUT2D eigenvalue weighted by Gasteiger charge is 2.30. The molecule has 0 saturated carbocycles. The third kappa shape index (κ3) is 8.72. The molecule has 3 aromatic heterocycles. The normalized spacial score (nSPS) is 18.0. The van der Waals surface area contributed by atoms with Gasteiger partial charge in [-0.15, -0.1) is 0 Å². The topological polar surface area (TPSA) is 132 Å². The van der Waals surface area contributed by atoms with Gasteiger partial charge >= 0.3 is 0 Å². The molecule has 14 heteroatoms. The third-order valence-corrected chi connectivity index (χ3v) is 13.1. The highest BCUT2D eigenvalue weighted by atomic mass is 35.5. The van der Waals surface area contributed by atoms with E-state index in [1.165, 1.54) is 41.4 Å². The predicted octanol–water partition coefficient (Wildman–Crippen LogP) is 7.87. The molecule has 6 heterocycles. The van der Waals surface area contributed by atoms with Crippen molar-refractivity contribution in [3.63, 3.8) is 0 Å². The zero-order valence-electron chi connectivity index (χ0n) is 33.0. The number of pyridine rings is 2. The van der Waals surface area contributed by atoms with E-state index in [9.17, 15) is 13.7 Å². The molecular weight excluding hydrogens is 776 g/mol. The smallest absolute Gasteiger partial charge is 0.270 e. The minimum atomic E-state index is -4.13. The Kier molecular flexibility index (Phi) is 11.5. The Morgan fingerprint density at radius 3 is 2.52 bits per heavy atom. The van der Waals surface area contributed by atoms with Crippen LogP contribution in [0.15, 0.2) is 89.7 Å². The summed E-state index contributed by atoms with van der Waals surface area (Å²) in [6.45, 7) is 13.1. The fourth-order valence-electron chi connectivity index (χ4n) is 7.75. The minimum absolute atomic E-state index is 0.0490. The van der Waals surface area contributed by atoms with Crippen molar-refractivity contribution in [2.45, 2.75) is 50.5 Å². The summed E-state index contributed by atoms with van der Waals surface area (Å²) in [4.78, 5) is 13.5. The molecule has 302 valence electrons. The number of hydrogen-bond acceptors (Lipinski definition) is 11. The van der Waals surface area contributed by atoms with Crippen LogP contribution in [0.3, 0.4) is 0 Å². The number of aryl methyl sites for hydroxylation is 1. The third-order valence-electron chi connectivity index (χ3n) is 11.2. The number of halogens is 1. The van der Waals surface area contributed by atoms with Gasteiger partial charge in [0.05, 0.1) is 31.2 Å². The number of nitriles is 1. The molecule has 3 aliphatic rings. The van der Waals surface area contributed by atoms with Gasteiger partial charge in [0, 0.05) is 80.7 Å². The molecule has 12 nitrogen and oxygen atoms in total. The van der Waals surface area contributed by atoms with Crippen molar-refractivity contribution in [1.29, 1.82) is 5.26 Å². The second kappa shape index (κ2) is 16.7. The summed E-state index contributed by atoms with van der Waals surface area (Å²) >= 11 is 6.21. The van der Waals surface area contributed by atoms with E-state index in [4.69, 9.17) is 30.5 Å². The molecule has 0 N–H and O–H groups in total. The number of fused-ring (bicyclic) bond motifs is 1. The van der Waals surface area contributed by atoms with Gasteiger partial charge in [-0.05, 0) is 98.2 Å². The number of hydrogen-bond donors (Lipinski definition) is 0. The van der Waals surface area contributed by atoms with Crippen LogP contribution in [0, 0.1) is 24.2 Å². The Morgan fingerprint density at radius 1 is 0.983 bits per heavy atom. The molecule has 0 spiro atoms. The van der Waals surface area contributed by atoms with Crippen LogP contribution in [-0.4, -0.2) is 92.0 Å². The largest absolute Gasteiger partial charge is 0.476 e. The zero-order chi connectivity index (χ0) is 40.4. The monoisotopic (exact) mass is 822 g/mol. The summed E-state index contributed by atoms with van der Waals surface area (Å²) in [5, 5.41) is 11.1. The fraction of sp³-hybridized carbons (Fsp3) is 0.386. The van der Waals surface area contributed by atoms with Crippen LogP contribution in [0.2, 0.25) is 5.02 Å². The second-order valence-electron chi connectivity index (χ2n) is 15.8. The zero-order valence-corrected chi connectivity index (χ0v) is 34.6. The molecule has 0 atom stereocenters. The summed E-state index contributed by atoms with van der Waals surface area (Å²) in [6.07, 6.45) is 6.77. The molecule has 0 amide bonds. The Hall–Kier alpha value is -4.97. The standard InChI is InChI=1S/C44H47ClN6O6S/c1-30-4-9-37(50-16-14-49(15-17-50)27-35-29-56-44(2,3)23-40(35)32-5-7-36(45)8-6-32)22-41(30)57-38-20-33-10-13-51(42(33)47-25-38)58(52,53)39-21-34(24-46)43(48-26-39)55-28-31-11-18-54-19-12-31/h4-10,13,20-22,25-26,31H,11-12,14-19,23,27-29H2,1-3H3. The Morgan fingerprint density at radius 2 is 1.76 bits per heavy atom. The molecule has 0 radical (unpaired) electrons. The lowest BCUT2D eigenvalue weighted by Gasteiger charge is -2.39. The summed E-state index contributed by atoms with van der Waals surface area (Å²) in [7, 11) is -4.13. The van der Waals surface area contributed by atoms with Crippen molar-refractivity contribution in [1.82, 2.24) is 18.8 Å². The minimum Gasteiger partial charge on any atom is -0.476 e.